The van der Waals surface area contributed by atoms with Crippen LogP contribution in [0.5, 0.6) is 0 Å². The Balaban J connectivity index is 1.87. The highest BCUT2D eigenvalue weighted by atomic mass is 32.2. The molecule has 0 bridgehead atoms. The Labute approximate surface area is 202 Å². The SMILES string of the molecule is CC(=O)O[C@H]1[C@H](OC(C)=O)[C@@H](N=[N+]=[N-])C(Sc2ccc(C)cc2)O[C@@H]1COCc1ccccc1. The lowest BCUT2D eigenvalue weighted by atomic mass is 9.98. The number of rotatable bonds is 9. The molecule has 3 rings (SSSR count). The highest BCUT2D eigenvalue weighted by Gasteiger charge is 2.50. The molecule has 2 aromatic rings. The summed E-state index contributed by atoms with van der Waals surface area (Å²) < 4.78 is 23.1. The van der Waals surface area contributed by atoms with Gasteiger partial charge in [0.05, 0.1) is 13.2 Å². The second-order valence-electron chi connectivity index (χ2n) is 7.82. The predicted octanol–water partition coefficient (Wildman–Crippen LogP) is 4.57. The van der Waals surface area contributed by atoms with Gasteiger partial charge in [-0.3, -0.25) is 9.59 Å². The van der Waals surface area contributed by atoms with Crippen LogP contribution < -0.4 is 0 Å². The van der Waals surface area contributed by atoms with Gasteiger partial charge in [-0.25, -0.2) is 0 Å². The number of benzene rings is 2. The molecule has 0 spiro atoms. The second kappa shape index (κ2) is 12.4. The summed E-state index contributed by atoms with van der Waals surface area (Å²) in [5.41, 5.74) is 10.6. The molecule has 0 aliphatic carbocycles. The summed E-state index contributed by atoms with van der Waals surface area (Å²) in [4.78, 5) is 27.6. The number of thioether (sulfide) groups is 1. The van der Waals surface area contributed by atoms with Crippen molar-refractivity contribution < 1.29 is 28.5 Å². The Morgan fingerprint density at radius 2 is 1.68 bits per heavy atom. The second-order valence-corrected chi connectivity index (χ2v) is 8.99. The van der Waals surface area contributed by atoms with Gasteiger partial charge in [-0.2, -0.15) is 0 Å². The molecule has 1 unspecified atom stereocenters. The molecule has 1 aliphatic rings. The van der Waals surface area contributed by atoms with E-state index in [9.17, 15) is 15.1 Å². The number of hydrogen-bond acceptors (Lipinski definition) is 8. The maximum atomic E-state index is 11.9. The number of carbonyl (C=O) groups excluding carboxylic acids is 2. The first kappa shape index (κ1) is 25.6. The van der Waals surface area contributed by atoms with Crippen LogP contribution in [-0.4, -0.2) is 48.3 Å². The van der Waals surface area contributed by atoms with Crippen LogP contribution in [0.15, 0.2) is 64.6 Å². The van der Waals surface area contributed by atoms with Gasteiger partial charge in [0.2, 0.25) is 0 Å². The van der Waals surface area contributed by atoms with E-state index in [-0.39, 0.29) is 6.61 Å². The molecule has 0 aromatic heterocycles. The quantitative estimate of drug-likeness (QED) is 0.221. The smallest absolute Gasteiger partial charge is 0.303 e. The Bertz CT molecular complexity index is 1010. The zero-order valence-electron chi connectivity index (χ0n) is 19.2. The van der Waals surface area contributed by atoms with Crippen molar-refractivity contribution in [1.82, 2.24) is 0 Å². The number of ether oxygens (including phenoxy) is 4. The van der Waals surface area contributed by atoms with Crippen molar-refractivity contribution in [1.29, 1.82) is 0 Å². The largest absolute Gasteiger partial charge is 0.458 e. The number of aryl methyl sites for hydroxylation is 1. The highest BCUT2D eigenvalue weighted by molar-refractivity contribution is 7.99. The van der Waals surface area contributed by atoms with Gasteiger partial charge < -0.3 is 18.9 Å². The fourth-order valence-corrected chi connectivity index (χ4v) is 4.69. The number of esters is 2. The van der Waals surface area contributed by atoms with E-state index in [2.05, 4.69) is 10.0 Å². The van der Waals surface area contributed by atoms with Gasteiger partial charge in [0.1, 0.15) is 17.6 Å². The third-order valence-corrected chi connectivity index (χ3v) is 6.24. The van der Waals surface area contributed by atoms with Crippen LogP contribution in [0.2, 0.25) is 0 Å². The lowest BCUT2D eigenvalue weighted by Crippen LogP contribution is -2.59. The molecule has 10 heteroatoms. The maximum absolute atomic E-state index is 11.9. The lowest BCUT2D eigenvalue weighted by molar-refractivity contribution is -0.209. The Hall–Kier alpha value is -3.04. The van der Waals surface area contributed by atoms with Crippen molar-refractivity contribution in [2.75, 3.05) is 6.61 Å². The molecule has 1 saturated heterocycles. The fourth-order valence-electron chi connectivity index (χ4n) is 3.58. The summed E-state index contributed by atoms with van der Waals surface area (Å²) in [7, 11) is 0. The monoisotopic (exact) mass is 485 g/mol. The van der Waals surface area contributed by atoms with Crippen LogP contribution >= 0.6 is 11.8 Å². The standard InChI is InChI=1S/C24H27N3O6S/c1-15-9-11-19(12-10-15)34-24-21(26-27-25)23(32-17(3)29)22(31-16(2)28)20(33-24)14-30-13-18-7-5-4-6-8-18/h4-12,20-24H,13-14H2,1-3H3/t20-,21-,22-,23-,24?/m1/s1. The molecular formula is C24H27N3O6S. The summed E-state index contributed by atoms with van der Waals surface area (Å²) in [5, 5.41) is 3.86. The van der Waals surface area contributed by atoms with Crippen LogP contribution in [0, 0.1) is 6.92 Å². The van der Waals surface area contributed by atoms with Crippen LogP contribution in [-0.2, 0) is 35.1 Å². The van der Waals surface area contributed by atoms with Crippen molar-refractivity contribution in [2.45, 2.75) is 62.1 Å². The minimum absolute atomic E-state index is 0.0680. The van der Waals surface area contributed by atoms with Crippen molar-refractivity contribution in [2.24, 2.45) is 5.11 Å². The topological polar surface area (TPSA) is 120 Å². The van der Waals surface area contributed by atoms with Crippen molar-refractivity contribution >= 4 is 23.7 Å². The average molecular weight is 486 g/mol. The number of hydrogen-bond donors (Lipinski definition) is 0. The minimum Gasteiger partial charge on any atom is -0.458 e. The third-order valence-electron chi connectivity index (χ3n) is 5.07. The molecule has 9 nitrogen and oxygen atoms in total. The lowest BCUT2D eigenvalue weighted by Gasteiger charge is -2.43. The fraction of sp³-hybridized carbons (Fsp3) is 0.417. The number of nitrogens with zero attached hydrogens (tertiary/aromatic N) is 3. The molecule has 180 valence electrons. The summed E-state index contributed by atoms with van der Waals surface area (Å²) in [6.07, 6.45) is -2.81. The van der Waals surface area contributed by atoms with Gasteiger partial charge in [-0.05, 0) is 30.2 Å². The van der Waals surface area contributed by atoms with Crippen LogP contribution in [0.3, 0.4) is 0 Å². The number of carbonyl (C=O) groups is 2. The predicted molar refractivity (Wildman–Crippen MR) is 126 cm³/mol. The highest BCUT2D eigenvalue weighted by Crippen LogP contribution is 2.37. The summed E-state index contributed by atoms with van der Waals surface area (Å²) in [6.45, 7) is 4.87. The van der Waals surface area contributed by atoms with Gasteiger partial charge >= 0.3 is 11.9 Å². The molecular weight excluding hydrogens is 458 g/mol. The molecule has 34 heavy (non-hydrogen) atoms. The number of azide groups is 1. The molecule has 5 atom stereocenters. The first-order chi connectivity index (χ1) is 16.4. The summed E-state index contributed by atoms with van der Waals surface area (Å²) >= 11 is 1.33. The van der Waals surface area contributed by atoms with E-state index < -0.39 is 41.7 Å². The normalized spacial score (nSPS) is 24.0. The summed E-state index contributed by atoms with van der Waals surface area (Å²) in [5.74, 6) is -1.17. The van der Waals surface area contributed by atoms with E-state index in [0.29, 0.717) is 6.61 Å². The zero-order valence-corrected chi connectivity index (χ0v) is 20.0. The van der Waals surface area contributed by atoms with E-state index in [1.54, 1.807) is 0 Å². The molecule has 0 amide bonds. The van der Waals surface area contributed by atoms with Crippen molar-refractivity contribution in [3.63, 3.8) is 0 Å². The van der Waals surface area contributed by atoms with Gasteiger partial charge in [0, 0.05) is 23.7 Å². The molecule has 0 radical (unpaired) electrons. The average Bonchev–Trinajstić information content (AvgIpc) is 2.80. The van der Waals surface area contributed by atoms with E-state index in [1.807, 2.05) is 61.5 Å². The van der Waals surface area contributed by atoms with Crippen LogP contribution in [0.25, 0.3) is 10.4 Å². The van der Waals surface area contributed by atoms with Crippen molar-refractivity contribution in [3.8, 4) is 0 Å². The van der Waals surface area contributed by atoms with Gasteiger partial charge in [0.25, 0.3) is 0 Å². The molecule has 0 saturated carbocycles. The minimum atomic E-state index is -1.04. The third kappa shape index (κ3) is 7.23. The molecule has 1 fully saturated rings. The van der Waals surface area contributed by atoms with Gasteiger partial charge in [-0.15, -0.1) is 0 Å². The Morgan fingerprint density at radius 3 is 2.29 bits per heavy atom. The van der Waals surface area contributed by atoms with E-state index in [0.717, 1.165) is 16.0 Å². The van der Waals surface area contributed by atoms with Gasteiger partial charge in [0.15, 0.2) is 12.2 Å². The Morgan fingerprint density at radius 1 is 1.03 bits per heavy atom. The van der Waals surface area contributed by atoms with Crippen molar-refractivity contribution in [3.05, 3.63) is 76.2 Å². The van der Waals surface area contributed by atoms with Crippen LogP contribution in [0.4, 0.5) is 0 Å². The van der Waals surface area contributed by atoms with E-state index in [1.165, 1.54) is 25.6 Å². The van der Waals surface area contributed by atoms with Gasteiger partial charge in [-0.1, -0.05) is 64.9 Å². The molecule has 0 N–H and O–H groups in total. The Kier molecular flexibility index (Phi) is 9.35. The van der Waals surface area contributed by atoms with E-state index >= 15 is 0 Å². The molecule has 1 aliphatic heterocycles. The molecule has 2 aromatic carbocycles. The van der Waals surface area contributed by atoms with E-state index in [4.69, 9.17) is 18.9 Å². The maximum Gasteiger partial charge on any atom is 0.303 e. The zero-order chi connectivity index (χ0) is 24.5. The van der Waals surface area contributed by atoms with Crippen LogP contribution in [0.1, 0.15) is 25.0 Å². The summed E-state index contributed by atoms with van der Waals surface area (Å²) in [6, 6.07) is 16.4. The first-order valence-corrected chi connectivity index (χ1v) is 11.6. The molecule has 1 heterocycles. The first-order valence-electron chi connectivity index (χ1n) is 10.8.